The minimum atomic E-state index is -0.459. The van der Waals surface area contributed by atoms with Gasteiger partial charge < -0.3 is 24.5 Å². The van der Waals surface area contributed by atoms with Crippen LogP contribution in [0.3, 0.4) is 0 Å². The van der Waals surface area contributed by atoms with Crippen molar-refractivity contribution in [3.8, 4) is 0 Å². The molecule has 0 saturated carbocycles. The van der Waals surface area contributed by atoms with Gasteiger partial charge in [0.05, 0.1) is 6.54 Å². The fraction of sp³-hybridized carbons (Fsp3) is 0.706. The molecule has 6 nitrogen and oxygen atoms in total. The molecule has 2 heterocycles. The second-order valence-corrected chi connectivity index (χ2v) is 7.41. The van der Waals surface area contributed by atoms with E-state index in [4.69, 9.17) is 14.3 Å². The molecule has 0 unspecified atom stereocenters. The van der Waals surface area contributed by atoms with Crippen LogP contribution in [0.2, 0.25) is 0 Å². The second-order valence-electron chi connectivity index (χ2n) is 7.41. The molecule has 23 heavy (non-hydrogen) atoms. The molecule has 0 aliphatic carbocycles. The van der Waals surface area contributed by atoms with Crippen molar-refractivity contribution in [3.63, 3.8) is 0 Å². The number of hydrogen-bond donors (Lipinski definition) is 2. The highest BCUT2D eigenvalue weighted by Gasteiger charge is 2.33. The summed E-state index contributed by atoms with van der Waals surface area (Å²) >= 11 is 0. The Bertz CT molecular complexity index is 525. The predicted octanol–water partition coefficient (Wildman–Crippen LogP) is 2.65. The van der Waals surface area contributed by atoms with Gasteiger partial charge in [0.15, 0.2) is 0 Å². The largest absolute Gasteiger partial charge is 0.462 e. The first kappa shape index (κ1) is 17.8. The van der Waals surface area contributed by atoms with Gasteiger partial charge in [0.2, 0.25) is 0 Å². The van der Waals surface area contributed by atoms with Crippen LogP contribution in [0.15, 0.2) is 16.5 Å². The topological polar surface area (TPSA) is 74.9 Å². The van der Waals surface area contributed by atoms with Gasteiger partial charge in [-0.25, -0.2) is 4.79 Å². The molecule has 0 aromatic carbocycles. The fourth-order valence-electron chi connectivity index (χ4n) is 2.59. The maximum absolute atomic E-state index is 12.1. The molecule has 1 aliphatic rings. The Morgan fingerprint density at radius 3 is 2.48 bits per heavy atom. The standard InChI is InChI=1S/C17H28N2O4/c1-16(2,3)23-15(21)19-9-7-17(4,8-10-19)18-11-13-5-6-14(12-20)22-13/h5-6,18,20H,7-12H2,1-4H3. The first-order valence-electron chi connectivity index (χ1n) is 8.12. The SMILES string of the molecule is CC1(NCc2ccc(CO)o2)CCN(C(=O)OC(C)(C)C)CC1. The number of aliphatic hydroxyl groups excluding tert-OH is 1. The number of piperidine rings is 1. The molecule has 0 radical (unpaired) electrons. The molecular weight excluding hydrogens is 296 g/mol. The van der Waals surface area contributed by atoms with Crippen LogP contribution >= 0.6 is 0 Å². The van der Waals surface area contributed by atoms with Crippen LogP contribution in [0.5, 0.6) is 0 Å². The van der Waals surface area contributed by atoms with Crippen LogP contribution < -0.4 is 5.32 Å². The molecule has 1 aromatic heterocycles. The lowest BCUT2D eigenvalue weighted by Gasteiger charge is -2.40. The maximum atomic E-state index is 12.1. The van der Waals surface area contributed by atoms with Crippen molar-refractivity contribution in [2.45, 2.75) is 64.8 Å². The number of nitrogens with one attached hydrogen (secondary N) is 1. The Balaban J connectivity index is 1.81. The minimum absolute atomic E-state index is 0.0370. The van der Waals surface area contributed by atoms with E-state index in [9.17, 15) is 4.79 Å². The number of aliphatic hydroxyl groups is 1. The highest BCUT2D eigenvalue weighted by molar-refractivity contribution is 5.68. The lowest BCUT2D eigenvalue weighted by atomic mass is 9.89. The van der Waals surface area contributed by atoms with E-state index in [-0.39, 0.29) is 18.2 Å². The number of furan rings is 1. The van der Waals surface area contributed by atoms with Crippen molar-refractivity contribution in [1.82, 2.24) is 10.2 Å². The van der Waals surface area contributed by atoms with E-state index in [0.29, 0.717) is 25.4 Å². The van der Waals surface area contributed by atoms with E-state index in [1.165, 1.54) is 0 Å². The van der Waals surface area contributed by atoms with E-state index < -0.39 is 5.60 Å². The number of hydrogen-bond acceptors (Lipinski definition) is 5. The summed E-state index contributed by atoms with van der Waals surface area (Å²) in [4.78, 5) is 13.9. The number of rotatable bonds is 4. The van der Waals surface area contributed by atoms with E-state index >= 15 is 0 Å². The summed E-state index contributed by atoms with van der Waals surface area (Å²) in [6.07, 6.45) is 1.48. The van der Waals surface area contributed by atoms with Gasteiger partial charge in [-0.2, -0.15) is 0 Å². The zero-order valence-electron chi connectivity index (χ0n) is 14.5. The first-order valence-corrected chi connectivity index (χ1v) is 8.12. The lowest BCUT2D eigenvalue weighted by Crippen LogP contribution is -2.53. The predicted molar refractivity (Wildman–Crippen MR) is 86.9 cm³/mol. The molecule has 1 amide bonds. The van der Waals surface area contributed by atoms with Gasteiger partial charge in [0.1, 0.15) is 23.7 Å². The molecule has 6 heteroatoms. The number of likely N-dealkylation sites (tertiary alicyclic amines) is 1. The van der Waals surface area contributed by atoms with Crippen LogP contribution in [0.1, 0.15) is 52.1 Å². The molecule has 0 spiro atoms. The van der Waals surface area contributed by atoms with Crippen LogP contribution in [-0.2, 0) is 17.9 Å². The van der Waals surface area contributed by atoms with Crippen molar-refractivity contribution in [1.29, 1.82) is 0 Å². The van der Waals surface area contributed by atoms with E-state index in [1.807, 2.05) is 26.8 Å². The quantitative estimate of drug-likeness (QED) is 0.890. The van der Waals surface area contributed by atoms with Crippen molar-refractivity contribution in [2.24, 2.45) is 0 Å². The summed E-state index contributed by atoms with van der Waals surface area (Å²) < 4.78 is 10.9. The molecule has 1 fully saturated rings. The van der Waals surface area contributed by atoms with Gasteiger partial charge in [-0.05, 0) is 52.7 Å². The molecular formula is C17H28N2O4. The van der Waals surface area contributed by atoms with Crippen molar-refractivity contribution >= 4 is 6.09 Å². The normalized spacial score (nSPS) is 18.0. The summed E-state index contributed by atoms with van der Waals surface area (Å²) in [6, 6.07) is 3.65. The molecule has 1 saturated heterocycles. The molecule has 1 aromatic rings. The zero-order chi connectivity index (χ0) is 17.1. The maximum Gasteiger partial charge on any atom is 0.410 e. The molecule has 0 bridgehead atoms. The van der Waals surface area contributed by atoms with Crippen LogP contribution in [0, 0.1) is 0 Å². The van der Waals surface area contributed by atoms with Crippen molar-refractivity contribution in [2.75, 3.05) is 13.1 Å². The first-order chi connectivity index (χ1) is 10.7. The Labute approximate surface area is 137 Å². The summed E-state index contributed by atoms with van der Waals surface area (Å²) in [5, 5.41) is 12.5. The number of ether oxygens (including phenoxy) is 1. The van der Waals surface area contributed by atoms with Crippen molar-refractivity contribution < 1.29 is 19.1 Å². The molecule has 2 rings (SSSR count). The smallest absolute Gasteiger partial charge is 0.410 e. The van der Waals surface area contributed by atoms with Gasteiger partial charge >= 0.3 is 6.09 Å². The second kappa shape index (κ2) is 6.93. The van der Waals surface area contributed by atoms with E-state index in [2.05, 4.69) is 12.2 Å². The molecule has 0 atom stereocenters. The van der Waals surface area contributed by atoms with Gasteiger partial charge in [-0.1, -0.05) is 0 Å². The number of carbonyl (C=O) groups excluding carboxylic acids is 1. The number of carbonyl (C=O) groups is 1. The van der Waals surface area contributed by atoms with E-state index in [0.717, 1.165) is 18.6 Å². The van der Waals surface area contributed by atoms with Gasteiger partial charge in [-0.3, -0.25) is 0 Å². The van der Waals surface area contributed by atoms with E-state index in [1.54, 1.807) is 11.0 Å². The molecule has 130 valence electrons. The van der Waals surface area contributed by atoms with Gasteiger partial charge in [-0.15, -0.1) is 0 Å². The Hall–Kier alpha value is -1.53. The zero-order valence-corrected chi connectivity index (χ0v) is 14.5. The van der Waals surface area contributed by atoms with Gasteiger partial charge in [0, 0.05) is 18.6 Å². The Morgan fingerprint density at radius 1 is 1.35 bits per heavy atom. The average Bonchev–Trinajstić information content (AvgIpc) is 2.92. The van der Waals surface area contributed by atoms with Gasteiger partial charge in [0.25, 0.3) is 0 Å². The third kappa shape index (κ3) is 5.25. The average molecular weight is 324 g/mol. The molecule has 1 aliphatic heterocycles. The number of nitrogens with zero attached hydrogens (tertiary/aromatic N) is 1. The fourth-order valence-corrected chi connectivity index (χ4v) is 2.59. The highest BCUT2D eigenvalue weighted by atomic mass is 16.6. The summed E-state index contributed by atoms with van der Waals surface area (Å²) in [7, 11) is 0. The third-order valence-corrected chi connectivity index (χ3v) is 4.08. The summed E-state index contributed by atoms with van der Waals surface area (Å²) in [5.74, 6) is 1.39. The van der Waals surface area contributed by atoms with Crippen LogP contribution in [0.25, 0.3) is 0 Å². The highest BCUT2D eigenvalue weighted by Crippen LogP contribution is 2.24. The Morgan fingerprint density at radius 2 is 1.96 bits per heavy atom. The lowest BCUT2D eigenvalue weighted by molar-refractivity contribution is 0.0155. The molecule has 2 N–H and O–H groups in total. The Kier molecular flexibility index (Phi) is 5.37. The minimum Gasteiger partial charge on any atom is -0.462 e. The summed E-state index contributed by atoms with van der Waals surface area (Å²) in [5.41, 5.74) is -0.496. The number of amides is 1. The monoisotopic (exact) mass is 324 g/mol. The van der Waals surface area contributed by atoms with Crippen LogP contribution in [-0.4, -0.2) is 40.3 Å². The van der Waals surface area contributed by atoms with Crippen LogP contribution in [0.4, 0.5) is 4.79 Å². The third-order valence-electron chi connectivity index (χ3n) is 4.08. The van der Waals surface area contributed by atoms with Crippen molar-refractivity contribution in [3.05, 3.63) is 23.7 Å². The summed E-state index contributed by atoms with van der Waals surface area (Å²) in [6.45, 7) is 9.69.